The summed E-state index contributed by atoms with van der Waals surface area (Å²) in [4.78, 5) is 2.42. The van der Waals surface area contributed by atoms with Crippen LogP contribution in [-0.4, -0.2) is 49.3 Å². The average molecular weight is 290 g/mol. The standard InChI is InChI=1S/C18H30N2O/c1-19-18(15-21)12-6-9-17(18)11-14-20(2)13-10-16-7-4-3-5-8-16/h3-5,7-8,17,19,21H,6,9-15H2,1-2H3. The Hall–Kier alpha value is -0.900. The number of nitrogens with zero attached hydrogens (tertiary/aromatic N) is 1. The molecule has 2 N–H and O–H groups in total. The Kier molecular flexibility index (Phi) is 6.22. The predicted octanol–water partition coefficient (Wildman–Crippen LogP) is 2.30. The molecule has 0 bridgehead atoms. The molecular formula is C18H30N2O. The maximum atomic E-state index is 9.73. The lowest BCUT2D eigenvalue weighted by Gasteiger charge is -2.34. The molecule has 2 atom stereocenters. The molecular weight excluding hydrogens is 260 g/mol. The number of aliphatic hydroxyl groups excluding tert-OH is 1. The lowest BCUT2D eigenvalue weighted by molar-refractivity contribution is 0.120. The van der Waals surface area contributed by atoms with Gasteiger partial charge < -0.3 is 15.3 Å². The van der Waals surface area contributed by atoms with Crippen LogP contribution in [0.1, 0.15) is 31.2 Å². The van der Waals surface area contributed by atoms with E-state index in [1.54, 1.807) is 0 Å². The molecule has 0 heterocycles. The first-order chi connectivity index (χ1) is 10.2. The van der Waals surface area contributed by atoms with Crippen LogP contribution in [0, 0.1) is 5.92 Å². The number of benzene rings is 1. The predicted molar refractivity (Wildman–Crippen MR) is 88.5 cm³/mol. The highest BCUT2D eigenvalue weighted by Crippen LogP contribution is 2.37. The lowest BCUT2D eigenvalue weighted by atomic mass is 9.85. The van der Waals surface area contributed by atoms with Crippen LogP contribution >= 0.6 is 0 Å². The van der Waals surface area contributed by atoms with Gasteiger partial charge >= 0.3 is 0 Å². The molecule has 1 aliphatic rings. The monoisotopic (exact) mass is 290 g/mol. The number of likely N-dealkylation sites (N-methyl/N-ethyl adjacent to an activating group) is 2. The smallest absolute Gasteiger partial charge is 0.0615 e. The van der Waals surface area contributed by atoms with Gasteiger partial charge in [0.2, 0.25) is 0 Å². The molecule has 0 aliphatic heterocycles. The number of hydrogen-bond acceptors (Lipinski definition) is 3. The molecule has 118 valence electrons. The van der Waals surface area contributed by atoms with Gasteiger partial charge in [0.15, 0.2) is 0 Å². The van der Waals surface area contributed by atoms with Gasteiger partial charge in [0.1, 0.15) is 0 Å². The van der Waals surface area contributed by atoms with Crippen LogP contribution in [0.4, 0.5) is 0 Å². The number of aliphatic hydroxyl groups is 1. The van der Waals surface area contributed by atoms with Crippen molar-refractivity contribution in [3.8, 4) is 0 Å². The number of nitrogens with one attached hydrogen (secondary N) is 1. The van der Waals surface area contributed by atoms with E-state index in [1.807, 2.05) is 7.05 Å². The van der Waals surface area contributed by atoms with Gasteiger partial charge in [0.25, 0.3) is 0 Å². The van der Waals surface area contributed by atoms with Crippen LogP contribution in [0.3, 0.4) is 0 Å². The van der Waals surface area contributed by atoms with E-state index in [0.717, 1.165) is 25.9 Å². The minimum atomic E-state index is -0.0275. The third-order valence-corrected chi connectivity index (χ3v) is 5.22. The quantitative estimate of drug-likeness (QED) is 0.771. The van der Waals surface area contributed by atoms with Crippen molar-refractivity contribution in [2.24, 2.45) is 5.92 Å². The highest BCUT2D eigenvalue weighted by Gasteiger charge is 2.40. The van der Waals surface area contributed by atoms with Gasteiger partial charge in [0, 0.05) is 12.1 Å². The molecule has 0 amide bonds. The summed E-state index contributed by atoms with van der Waals surface area (Å²) in [6, 6.07) is 10.7. The minimum Gasteiger partial charge on any atom is -0.394 e. The Balaban J connectivity index is 1.75. The van der Waals surface area contributed by atoms with E-state index in [-0.39, 0.29) is 12.1 Å². The van der Waals surface area contributed by atoms with E-state index in [9.17, 15) is 5.11 Å². The van der Waals surface area contributed by atoms with Crippen LogP contribution in [0.5, 0.6) is 0 Å². The van der Waals surface area contributed by atoms with Crippen LogP contribution in [0.15, 0.2) is 30.3 Å². The summed E-state index contributed by atoms with van der Waals surface area (Å²) in [6.45, 7) is 2.48. The Bertz CT molecular complexity index is 403. The Labute approximate surface area is 129 Å². The fourth-order valence-corrected chi connectivity index (χ4v) is 3.63. The summed E-state index contributed by atoms with van der Waals surface area (Å²) in [5.74, 6) is 0.603. The highest BCUT2D eigenvalue weighted by molar-refractivity contribution is 5.14. The zero-order chi connectivity index (χ0) is 15.1. The largest absolute Gasteiger partial charge is 0.394 e. The average Bonchev–Trinajstić information content (AvgIpc) is 2.95. The summed E-state index contributed by atoms with van der Waals surface area (Å²) in [6.07, 6.45) is 5.87. The van der Waals surface area contributed by atoms with Crippen molar-refractivity contribution in [3.63, 3.8) is 0 Å². The van der Waals surface area contributed by atoms with E-state index >= 15 is 0 Å². The van der Waals surface area contributed by atoms with E-state index in [4.69, 9.17) is 0 Å². The van der Waals surface area contributed by atoms with Crippen LogP contribution < -0.4 is 5.32 Å². The molecule has 3 nitrogen and oxygen atoms in total. The van der Waals surface area contributed by atoms with Gasteiger partial charge in [0.05, 0.1) is 6.61 Å². The summed E-state index contributed by atoms with van der Waals surface area (Å²) in [5.41, 5.74) is 1.38. The van der Waals surface area contributed by atoms with Gasteiger partial charge in [-0.15, -0.1) is 0 Å². The molecule has 0 radical (unpaired) electrons. The molecule has 1 aromatic rings. The summed E-state index contributed by atoms with van der Waals surface area (Å²) >= 11 is 0. The molecule has 1 saturated carbocycles. The van der Waals surface area contributed by atoms with Crippen molar-refractivity contribution in [1.29, 1.82) is 0 Å². The van der Waals surface area contributed by atoms with Gasteiger partial charge in [-0.1, -0.05) is 36.8 Å². The zero-order valence-corrected chi connectivity index (χ0v) is 13.5. The molecule has 0 aromatic heterocycles. The van der Waals surface area contributed by atoms with Crippen LogP contribution in [0.25, 0.3) is 0 Å². The second-order valence-electron chi connectivity index (χ2n) is 6.48. The van der Waals surface area contributed by atoms with Crippen molar-refractivity contribution >= 4 is 0 Å². The van der Waals surface area contributed by atoms with Gasteiger partial charge in [-0.25, -0.2) is 0 Å². The van der Waals surface area contributed by atoms with Gasteiger partial charge in [-0.3, -0.25) is 0 Å². The van der Waals surface area contributed by atoms with Gasteiger partial charge in [-0.2, -0.15) is 0 Å². The van der Waals surface area contributed by atoms with E-state index < -0.39 is 0 Å². The third kappa shape index (κ3) is 4.29. The summed E-state index contributed by atoms with van der Waals surface area (Å²) in [5, 5.41) is 13.1. The highest BCUT2D eigenvalue weighted by atomic mass is 16.3. The fraction of sp³-hybridized carbons (Fsp3) is 0.667. The molecule has 1 aliphatic carbocycles. The van der Waals surface area contributed by atoms with Crippen LogP contribution in [-0.2, 0) is 6.42 Å². The molecule has 21 heavy (non-hydrogen) atoms. The maximum Gasteiger partial charge on any atom is 0.0615 e. The molecule has 1 aromatic carbocycles. The fourth-order valence-electron chi connectivity index (χ4n) is 3.63. The summed E-state index contributed by atoms with van der Waals surface area (Å²) in [7, 11) is 4.20. The van der Waals surface area contributed by atoms with Crippen molar-refractivity contribution in [2.75, 3.05) is 33.8 Å². The zero-order valence-electron chi connectivity index (χ0n) is 13.5. The first-order valence-corrected chi connectivity index (χ1v) is 8.22. The SMILES string of the molecule is CNC1(CO)CCCC1CCN(C)CCc1ccccc1. The second-order valence-corrected chi connectivity index (χ2v) is 6.48. The third-order valence-electron chi connectivity index (χ3n) is 5.22. The maximum absolute atomic E-state index is 9.73. The second kappa shape index (κ2) is 7.92. The molecule has 2 rings (SSSR count). The van der Waals surface area contributed by atoms with E-state index in [2.05, 4.69) is 47.6 Å². The first-order valence-electron chi connectivity index (χ1n) is 8.22. The topological polar surface area (TPSA) is 35.5 Å². The number of rotatable bonds is 8. The van der Waals surface area contributed by atoms with Crippen LogP contribution in [0.2, 0.25) is 0 Å². The molecule has 3 heteroatoms. The normalized spacial score (nSPS) is 25.6. The van der Waals surface area contributed by atoms with Crippen molar-refractivity contribution in [2.45, 2.75) is 37.6 Å². The Morgan fingerprint density at radius 3 is 2.71 bits per heavy atom. The van der Waals surface area contributed by atoms with Crippen molar-refractivity contribution < 1.29 is 5.11 Å². The number of hydrogen-bond donors (Lipinski definition) is 2. The van der Waals surface area contributed by atoms with E-state index in [1.165, 1.54) is 24.8 Å². The molecule has 2 unspecified atom stereocenters. The molecule has 0 saturated heterocycles. The molecule has 0 spiro atoms. The lowest BCUT2D eigenvalue weighted by Crippen LogP contribution is -2.50. The Morgan fingerprint density at radius 1 is 1.29 bits per heavy atom. The van der Waals surface area contributed by atoms with Crippen molar-refractivity contribution in [3.05, 3.63) is 35.9 Å². The summed E-state index contributed by atoms with van der Waals surface area (Å²) < 4.78 is 0. The Morgan fingerprint density at radius 2 is 2.05 bits per heavy atom. The van der Waals surface area contributed by atoms with Crippen molar-refractivity contribution in [1.82, 2.24) is 10.2 Å². The molecule has 1 fully saturated rings. The van der Waals surface area contributed by atoms with E-state index in [0.29, 0.717) is 5.92 Å². The minimum absolute atomic E-state index is 0.0275. The first kappa shape index (κ1) is 16.5. The van der Waals surface area contributed by atoms with Gasteiger partial charge in [-0.05, 0) is 57.8 Å².